The molecule has 0 fully saturated rings. The fourth-order valence-corrected chi connectivity index (χ4v) is 1.76. The Morgan fingerprint density at radius 3 is 2.44 bits per heavy atom. The van der Waals surface area contributed by atoms with Crippen LogP contribution in [-0.4, -0.2) is 31.6 Å². The second kappa shape index (κ2) is 6.77. The molecule has 0 aliphatic heterocycles. The Bertz CT molecular complexity index is 432. The number of nitriles is 1. The summed E-state index contributed by atoms with van der Waals surface area (Å²) in [5.41, 5.74) is 1.62. The van der Waals surface area contributed by atoms with Crippen LogP contribution >= 0.6 is 0 Å². The topological polar surface area (TPSA) is 53.3 Å². The maximum absolute atomic E-state index is 11.6. The van der Waals surface area contributed by atoms with Gasteiger partial charge in [-0.25, -0.2) is 0 Å². The number of hydrogen-bond donors (Lipinski definition) is 0. The molecule has 18 heavy (non-hydrogen) atoms. The first-order chi connectivity index (χ1) is 8.58. The molecular weight excluding hydrogens is 228 g/mol. The first kappa shape index (κ1) is 14.2. The van der Waals surface area contributed by atoms with Crippen LogP contribution in [-0.2, 0) is 9.53 Å². The van der Waals surface area contributed by atoms with E-state index >= 15 is 0 Å². The normalized spacial score (nSPS) is 11.9. The van der Waals surface area contributed by atoms with Gasteiger partial charge in [-0.3, -0.25) is 4.79 Å². The molecule has 0 N–H and O–H groups in total. The van der Waals surface area contributed by atoms with Gasteiger partial charge in [0.05, 0.1) is 24.7 Å². The molecule has 0 bridgehead atoms. The second-order valence-corrected chi connectivity index (χ2v) is 4.22. The van der Waals surface area contributed by atoms with Crippen LogP contribution in [0.5, 0.6) is 0 Å². The molecule has 1 unspecified atom stereocenters. The Morgan fingerprint density at radius 2 is 2.00 bits per heavy atom. The van der Waals surface area contributed by atoms with Crippen LogP contribution in [0, 0.1) is 11.3 Å². The number of hydrogen-bond acceptors (Lipinski definition) is 4. The highest BCUT2D eigenvalue weighted by atomic mass is 16.5. The lowest BCUT2D eigenvalue weighted by Crippen LogP contribution is -2.23. The zero-order valence-corrected chi connectivity index (χ0v) is 11.0. The van der Waals surface area contributed by atoms with E-state index in [0.717, 1.165) is 5.56 Å². The van der Waals surface area contributed by atoms with Gasteiger partial charge in [-0.15, -0.1) is 0 Å². The molecular formula is C14H18N2O2. The molecule has 0 heterocycles. The van der Waals surface area contributed by atoms with Crippen LogP contribution in [0.1, 0.15) is 30.5 Å². The number of nitrogens with zero attached hydrogens (tertiary/aromatic N) is 2. The zero-order chi connectivity index (χ0) is 13.5. The van der Waals surface area contributed by atoms with Crippen molar-refractivity contribution in [2.45, 2.75) is 19.4 Å². The van der Waals surface area contributed by atoms with Crippen LogP contribution in [0.2, 0.25) is 0 Å². The maximum atomic E-state index is 11.6. The molecule has 0 amide bonds. The number of esters is 1. The van der Waals surface area contributed by atoms with E-state index in [1.165, 1.54) is 0 Å². The number of carbonyl (C=O) groups excluding carboxylic acids is 1. The van der Waals surface area contributed by atoms with Crippen LogP contribution < -0.4 is 0 Å². The van der Waals surface area contributed by atoms with E-state index in [9.17, 15) is 4.79 Å². The highest BCUT2D eigenvalue weighted by molar-refractivity contribution is 5.70. The van der Waals surface area contributed by atoms with E-state index in [-0.39, 0.29) is 12.0 Å². The summed E-state index contributed by atoms with van der Waals surface area (Å²) in [4.78, 5) is 13.5. The quantitative estimate of drug-likeness (QED) is 0.747. The van der Waals surface area contributed by atoms with Gasteiger partial charge in [-0.1, -0.05) is 12.1 Å². The minimum atomic E-state index is -0.208. The third-order valence-electron chi connectivity index (χ3n) is 2.71. The average Bonchev–Trinajstić information content (AvgIpc) is 2.36. The molecule has 4 nitrogen and oxygen atoms in total. The minimum absolute atomic E-state index is 0.0307. The fourth-order valence-electron chi connectivity index (χ4n) is 1.76. The minimum Gasteiger partial charge on any atom is -0.466 e. The highest BCUT2D eigenvalue weighted by Gasteiger charge is 2.18. The van der Waals surface area contributed by atoms with Crippen molar-refractivity contribution >= 4 is 5.97 Å². The molecule has 4 heteroatoms. The molecule has 0 saturated carbocycles. The van der Waals surface area contributed by atoms with Crippen molar-refractivity contribution in [3.05, 3.63) is 35.4 Å². The van der Waals surface area contributed by atoms with Gasteiger partial charge in [-0.2, -0.15) is 5.26 Å². The van der Waals surface area contributed by atoms with Gasteiger partial charge < -0.3 is 9.64 Å². The van der Waals surface area contributed by atoms with E-state index in [0.29, 0.717) is 18.6 Å². The second-order valence-electron chi connectivity index (χ2n) is 4.22. The zero-order valence-electron chi connectivity index (χ0n) is 11.0. The summed E-state index contributed by atoms with van der Waals surface area (Å²) in [7, 11) is 3.84. The molecule has 0 radical (unpaired) electrons. The lowest BCUT2D eigenvalue weighted by Gasteiger charge is -2.23. The van der Waals surface area contributed by atoms with Crippen LogP contribution in [0.15, 0.2) is 24.3 Å². The molecule has 0 aliphatic rings. The molecule has 1 aromatic carbocycles. The van der Waals surface area contributed by atoms with Crippen LogP contribution in [0.4, 0.5) is 0 Å². The SMILES string of the molecule is CCOC(=O)CC(c1ccc(C#N)cc1)N(C)C. The predicted octanol–water partition coefficient (Wildman–Crippen LogP) is 2.11. The molecule has 0 aliphatic carbocycles. The molecule has 0 aromatic heterocycles. The number of benzene rings is 1. The first-order valence-electron chi connectivity index (χ1n) is 5.90. The van der Waals surface area contributed by atoms with Crippen LogP contribution in [0.3, 0.4) is 0 Å². The molecule has 1 atom stereocenters. The van der Waals surface area contributed by atoms with Crippen molar-refractivity contribution in [2.24, 2.45) is 0 Å². The third kappa shape index (κ3) is 3.86. The van der Waals surface area contributed by atoms with Crippen molar-refractivity contribution in [3.63, 3.8) is 0 Å². The van der Waals surface area contributed by atoms with Crippen molar-refractivity contribution in [1.29, 1.82) is 5.26 Å². The summed E-state index contributed by atoms with van der Waals surface area (Å²) in [6.45, 7) is 2.19. The highest BCUT2D eigenvalue weighted by Crippen LogP contribution is 2.22. The molecule has 0 spiro atoms. The predicted molar refractivity (Wildman–Crippen MR) is 68.8 cm³/mol. The van der Waals surface area contributed by atoms with Gasteiger partial charge in [0.25, 0.3) is 0 Å². The number of rotatable bonds is 5. The van der Waals surface area contributed by atoms with E-state index in [1.807, 2.05) is 31.1 Å². The Kier molecular flexibility index (Phi) is 5.34. The van der Waals surface area contributed by atoms with E-state index in [2.05, 4.69) is 6.07 Å². The summed E-state index contributed by atoms with van der Waals surface area (Å²) >= 11 is 0. The Morgan fingerprint density at radius 1 is 1.39 bits per heavy atom. The summed E-state index contributed by atoms with van der Waals surface area (Å²) in [5, 5.41) is 8.76. The van der Waals surface area contributed by atoms with Crippen molar-refractivity contribution in [3.8, 4) is 6.07 Å². The van der Waals surface area contributed by atoms with Gasteiger partial charge in [0, 0.05) is 6.04 Å². The molecule has 96 valence electrons. The lowest BCUT2D eigenvalue weighted by molar-refractivity contribution is -0.144. The summed E-state index contributed by atoms with van der Waals surface area (Å²) in [6.07, 6.45) is 0.312. The average molecular weight is 246 g/mol. The largest absolute Gasteiger partial charge is 0.466 e. The van der Waals surface area contributed by atoms with Gasteiger partial charge in [0.1, 0.15) is 0 Å². The number of ether oxygens (including phenoxy) is 1. The Labute approximate surface area is 108 Å². The molecule has 0 saturated heterocycles. The van der Waals surface area contributed by atoms with Crippen molar-refractivity contribution in [1.82, 2.24) is 4.90 Å². The Hall–Kier alpha value is -1.86. The third-order valence-corrected chi connectivity index (χ3v) is 2.71. The van der Waals surface area contributed by atoms with Crippen molar-refractivity contribution < 1.29 is 9.53 Å². The van der Waals surface area contributed by atoms with Crippen LogP contribution in [0.25, 0.3) is 0 Å². The standard InChI is InChI=1S/C14H18N2O2/c1-4-18-14(17)9-13(16(2)3)12-7-5-11(10-15)6-8-12/h5-8,13H,4,9H2,1-3H3. The van der Waals surface area contributed by atoms with Gasteiger partial charge in [-0.05, 0) is 38.7 Å². The van der Waals surface area contributed by atoms with Gasteiger partial charge in [0.2, 0.25) is 0 Å². The molecule has 1 rings (SSSR count). The van der Waals surface area contributed by atoms with Gasteiger partial charge in [0.15, 0.2) is 0 Å². The van der Waals surface area contributed by atoms with Crippen molar-refractivity contribution in [2.75, 3.05) is 20.7 Å². The Balaban J connectivity index is 2.84. The van der Waals surface area contributed by atoms with E-state index in [4.69, 9.17) is 10.00 Å². The van der Waals surface area contributed by atoms with Gasteiger partial charge >= 0.3 is 5.97 Å². The maximum Gasteiger partial charge on any atom is 0.307 e. The fraction of sp³-hybridized carbons (Fsp3) is 0.429. The summed E-state index contributed by atoms with van der Waals surface area (Å²) < 4.78 is 4.97. The smallest absolute Gasteiger partial charge is 0.307 e. The monoisotopic (exact) mass is 246 g/mol. The van der Waals surface area contributed by atoms with E-state index < -0.39 is 0 Å². The summed E-state index contributed by atoms with van der Waals surface area (Å²) in [5.74, 6) is -0.208. The van der Waals surface area contributed by atoms with E-state index in [1.54, 1.807) is 19.1 Å². The summed E-state index contributed by atoms with van der Waals surface area (Å²) in [6, 6.07) is 9.32. The number of carbonyl (C=O) groups is 1. The molecule has 1 aromatic rings. The first-order valence-corrected chi connectivity index (χ1v) is 5.90. The lowest BCUT2D eigenvalue weighted by atomic mass is 10.0.